The Labute approximate surface area is 215 Å². The number of fused-ring (bicyclic) bond motifs is 1. The highest BCUT2D eigenvalue weighted by molar-refractivity contribution is 7.89. The average Bonchev–Trinajstić information content (AvgIpc) is 2.97. The highest BCUT2D eigenvalue weighted by Crippen LogP contribution is 2.44. The van der Waals surface area contributed by atoms with E-state index in [1.807, 2.05) is 35.2 Å². The van der Waals surface area contributed by atoms with Crippen LogP contribution in [0.2, 0.25) is 5.02 Å². The van der Waals surface area contributed by atoms with Crippen LogP contribution in [0.1, 0.15) is 42.6 Å². The highest BCUT2D eigenvalue weighted by atomic mass is 35.5. The number of carboxylic acid groups (broad SMARTS) is 1. The number of carboxylic acids is 1. The van der Waals surface area contributed by atoms with E-state index in [0.29, 0.717) is 17.8 Å². The van der Waals surface area contributed by atoms with E-state index in [0.717, 1.165) is 37.7 Å². The van der Waals surface area contributed by atoms with Gasteiger partial charge in [0.05, 0.1) is 16.4 Å². The molecule has 1 aromatic heterocycles. The van der Waals surface area contributed by atoms with Crippen molar-refractivity contribution in [1.29, 1.82) is 0 Å². The number of likely N-dealkylation sites (N-methyl/N-ethyl adjacent to an activating group) is 1. The number of rotatable bonds is 4. The van der Waals surface area contributed by atoms with Gasteiger partial charge in [0.1, 0.15) is 11.2 Å². The normalized spacial score (nSPS) is 20.5. The van der Waals surface area contributed by atoms with E-state index in [9.17, 15) is 18.3 Å². The molecule has 0 spiro atoms. The predicted octanol–water partition coefficient (Wildman–Crippen LogP) is 5.22. The molecule has 0 radical (unpaired) electrons. The number of benzene rings is 2. The summed E-state index contributed by atoms with van der Waals surface area (Å²) < 4.78 is 29.6. The van der Waals surface area contributed by atoms with Gasteiger partial charge >= 0.3 is 5.97 Å². The summed E-state index contributed by atoms with van der Waals surface area (Å²) in [4.78, 5) is 21.5. The van der Waals surface area contributed by atoms with Gasteiger partial charge in [-0.25, -0.2) is 23.2 Å². The Morgan fingerprint density at radius 3 is 2.47 bits per heavy atom. The lowest BCUT2D eigenvalue weighted by Crippen LogP contribution is -2.46. The molecule has 2 heterocycles. The van der Waals surface area contributed by atoms with Crippen molar-refractivity contribution >= 4 is 39.0 Å². The first-order valence-corrected chi connectivity index (χ1v) is 13.8. The second kappa shape index (κ2) is 9.80. The minimum absolute atomic E-state index is 0.113. The minimum Gasteiger partial charge on any atom is -0.477 e. The Morgan fingerprint density at radius 1 is 1.06 bits per heavy atom. The molecule has 0 amide bonds. The van der Waals surface area contributed by atoms with E-state index in [-0.39, 0.29) is 33.3 Å². The molecule has 36 heavy (non-hydrogen) atoms. The fourth-order valence-corrected chi connectivity index (χ4v) is 7.19. The third-order valence-electron chi connectivity index (χ3n) is 7.26. The molecule has 3 aromatic rings. The van der Waals surface area contributed by atoms with Gasteiger partial charge in [-0.05, 0) is 49.1 Å². The molecule has 188 valence electrons. The topological polar surface area (TPSA) is 104 Å². The minimum atomic E-state index is -3.90. The molecule has 0 saturated heterocycles. The van der Waals surface area contributed by atoms with Crippen LogP contribution in [0, 0.1) is 5.92 Å². The Kier molecular flexibility index (Phi) is 6.72. The van der Waals surface area contributed by atoms with Gasteiger partial charge in [-0.2, -0.15) is 4.31 Å². The number of carbonyl (C=O) groups is 1. The number of sulfonamides is 1. The zero-order valence-corrected chi connectivity index (χ0v) is 21.4. The fraction of sp³-hybridized carbons (Fsp3) is 0.346. The van der Waals surface area contributed by atoms with Gasteiger partial charge in [0.2, 0.25) is 10.0 Å². The molecule has 8 nitrogen and oxygen atoms in total. The Hall–Kier alpha value is -3.01. The Bertz CT molecular complexity index is 1390. The molecule has 10 heteroatoms. The first-order chi connectivity index (χ1) is 17.3. The van der Waals surface area contributed by atoms with Gasteiger partial charge in [0, 0.05) is 30.9 Å². The number of nitrogens with zero attached hydrogens (tertiary/aromatic N) is 4. The Morgan fingerprint density at radius 2 is 1.78 bits per heavy atom. The summed E-state index contributed by atoms with van der Waals surface area (Å²) in [5, 5.41) is 9.63. The fourth-order valence-electron chi connectivity index (χ4n) is 5.33. The van der Waals surface area contributed by atoms with Gasteiger partial charge in [-0.3, -0.25) is 0 Å². The molecule has 1 aliphatic carbocycles. The van der Waals surface area contributed by atoms with Gasteiger partial charge in [-0.1, -0.05) is 49.1 Å². The standard InChI is InChI=1S/C26H27ClN4O4S/c1-30-24(17-8-4-2-5-9-17)15-31(18-10-6-3-7-11-18)23-13-20(27)19(12-25(23)36(30,34)35)21-14-22(26(32)33)29-16-28-21/h3,6-7,10-14,16-17,24H,2,4-5,8-9,15H2,1H3,(H,32,33)/t24-/m0/s1. The highest BCUT2D eigenvalue weighted by Gasteiger charge is 2.41. The van der Waals surface area contributed by atoms with Crippen molar-refractivity contribution in [3.63, 3.8) is 0 Å². The molecule has 2 aliphatic rings. The first-order valence-electron chi connectivity index (χ1n) is 12.0. The number of halogens is 1. The van der Waals surface area contributed by atoms with Crippen LogP contribution >= 0.6 is 11.6 Å². The summed E-state index contributed by atoms with van der Waals surface area (Å²) in [6.07, 6.45) is 6.50. The molecule has 1 atom stereocenters. The van der Waals surface area contributed by atoms with Gasteiger partial charge < -0.3 is 10.0 Å². The van der Waals surface area contributed by atoms with Gasteiger partial charge in [0.25, 0.3) is 0 Å². The number of hydrogen-bond donors (Lipinski definition) is 1. The number of aromatic carboxylic acids is 1. The summed E-state index contributed by atoms with van der Waals surface area (Å²) in [5.41, 5.74) is 1.75. The SMILES string of the molecule is CN1[C@H](C2CCCCC2)CN(c2ccccc2)c2cc(Cl)c(-c3cc(C(=O)O)ncn3)cc2S1(=O)=O. The zero-order valence-electron chi connectivity index (χ0n) is 19.8. The van der Waals surface area contributed by atoms with E-state index in [1.54, 1.807) is 13.1 Å². The molecule has 2 aromatic carbocycles. The number of para-hydroxylation sites is 1. The molecule has 0 unspecified atom stereocenters. The van der Waals surface area contributed by atoms with Crippen molar-refractivity contribution in [1.82, 2.24) is 14.3 Å². The second-order valence-electron chi connectivity index (χ2n) is 9.33. The van der Waals surface area contributed by atoms with Crippen molar-refractivity contribution in [2.24, 2.45) is 5.92 Å². The summed E-state index contributed by atoms with van der Waals surface area (Å²) in [5.74, 6) is -0.948. The summed E-state index contributed by atoms with van der Waals surface area (Å²) in [6.45, 7) is 0.504. The molecule has 5 rings (SSSR count). The Balaban J connectivity index is 1.70. The van der Waals surface area contributed by atoms with Crippen LogP contribution in [0.25, 0.3) is 11.3 Å². The van der Waals surface area contributed by atoms with E-state index in [1.165, 1.54) is 22.9 Å². The zero-order chi connectivity index (χ0) is 25.4. The second-order valence-corrected chi connectivity index (χ2v) is 11.7. The average molecular weight is 527 g/mol. The first kappa shape index (κ1) is 24.7. The predicted molar refractivity (Wildman–Crippen MR) is 138 cm³/mol. The number of anilines is 2. The van der Waals surface area contributed by atoms with E-state index in [2.05, 4.69) is 9.97 Å². The lowest BCUT2D eigenvalue weighted by Gasteiger charge is -2.36. The van der Waals surface area contributed by atoms with Crippen LogP contribution in [0.3, 0.4) is 0 Å². The van der Waals surface area contributed by atoms with Crippen LogP contribution in [0.15, 0.2) is 59.8 Å². The molecule has 1 N–H and O–H groups in total. The molecular formula is C26H27ClN4O4S. The number of hydrogen-bond acceptors (Lipinski definition) is 6. The van der Waals surface area contributed by atoms with Crippen molar-refractivity contribution in [3.05, 3.63) is 65.6 Å². The third-order valence-corrected chi connectivity index (χ3v) is 9.48. The molecule has 1 saturated carbocycles. The van der Waals surface area contributed by atoms with Crippen molar-refractivity contribution in [3.8, 4) is 11.3 Å². The monoisotopic (exact) mass is 526 g/mol. The summed E-state index contributed by atoms with van der Waals surface area (Å²) in [6, 6.07) is 14.0. The summed E-state index contributed by atoms with van der Waals surface area (Å²) in [7, 11) is -2.24. The van der Waals surface area contributed by atoms with Crippen molar-refractivity contribution in [2.75, 3.05) is 18.5 Å². The lowest BCUT2D eigenvalue weighted by molar-refractivity contribution is 0.0690. The van der Waals surface area contributed by atoms with Crippen LogP contribution < -0.4 is 4.90 Å². The smallest absolute Gasteiger partial charge is 0.354 e. The molecular weight excluding hydrogens is 500 g/mol. The molecule has 0 bridgehead atoms. The van der Waals surface area contributed by atoms with E-state index >= 15 is 0 Å². The van der Waals surface area contributed by atoms with Crippen LogP contribution in [-0.4, -0.2) is 53.4 Å². The molecule has 1 aliphatic heterocycles. The van der Waals surface area contributed by atoms with Crippen molar-refractivity contribution in [2.45, 2.75) is 43.0 Å². The van der Waals surface area contributed by atoms with Crippen molar-refractivity contribution < 1.29 is 18.3 Å². The summed E-state index contributed by atoms with van der Waals surface area (Å²) >= 11 is 6.71. The molecule has 1 fully saturated rings. The largest absolute Gasteiger partial charge is 0.477 e. The van der Waals surface area contributed by atoms with Gasteiger partial charge in [0.15, 0.2) is 5.69 Å². The van der Waals surface area contributed by atoms with Crippen LogP contribution in [-0.2, 0) is 10.0 Å². The lowest BCUT2D eigenvalue weighted by atomic mass is 9.83. The maximum absolute atomic E-state index is 14.1. The van der Waals surface area contributed by atoms with Gasteiger partial charge in [-0.15, -0.1) is 0 Å². The maximum Gasteiger partial charge on any atom is 0.354 e. The van der Waals surface area contributed by atoms with E-state index < -0.39 is 16.0 Å². The maximum atomic E-state index is 14.1. The van der Waals surface area contributed by atoms with Crippen LogP contribution in [0.5, 0.6) is 0 Å². The van der Waals surface area contributed by atoms with Crippen LogP contribution in [0.4, 0.5) is 11.4 Å². The van der Waals surface area contributed by atoms with E-state index in [4.69, 9.17) is 11.6 Å². The number of aromatic nitrogens is 2. The quantitative estimate of drug-likeness (QED) is 0.497. The third kappa shape index (κ3) is 4.47.